The number of imidazole rings is 1. The van der Waals surface area contributed by atoms with Gasteiger partial charge in [-0.05, 0) is 19.1 Å². The fourth-order valence-corrected chi connectivity index (χ4v) is 2.64. The number of esters is 1. The number of nitrogens with zero attached hydrogens (tertiary/aromatic N) is 2. The molecule has 5 nitrogen and oxygen atoms in total. The molecule has 0 atom stereocenters. The molecule has 19 heavy (non-hydrogen) atoms. The van der Waals surface area contributed by atoms with Crippen LogP contribution in [0.4, 0.5) is 5.95 Å². The molecule has 0 fully saturated rings. The topological polar surface area (TPSA) is 47.1 Å². The maximum absolute atomic E-state index is 11.8. The Balaban J connectivity index is 2.09. The zero-order chi connectivity index (χ0) is 13.2. The van der Waals surface area contributed by atoms with E-state index < -0.39 is 0 Å². The Hall–Kier alpha value is -2.04. The van der Waals surface area contributed by atoms with E-state index in [1.165, 1.54) is 0 Å². The van der Waals surface area contributed by atoms with Crippen molar-refractivity contribution in [3.8, 4) is 0 Å². The quantitative estimate of drug-likeness (QED) is 0.668. The number of fused-ring (bicyclic) bond motifs is 3. The van der Waals surface area contributed by atoms with Crippen LogP contribution in [0.15, 0.2) is 24.3 Å². The summed E-state index contributed by atoms with van der Waals surface area (Å²) >= 11 is 0. The molecular formula is C14H18N3O2+. The number of hydrogen-bond donors (Lipinski definition) is 1. The Labute approximate surface area is 111 Å². The van der Waals surface area contributed by atoms with E-state index in [1.807, 2.05) is 29.7 Å². The van der Waals surface area contributed by atoms with Gasteiger partial charge in [0.1, 0.15) is 11.0 Å². The highest BCUT2D eigenvalue weighted by Gasteiger charge is 2.27. The highest BCUT2D eigenvalue weighted by atomic mass is 16.5. The number of hydrogen-bond acceptors (Lipinski definition) is 3. The summed E-state index contributed by atoms with van der Waals surface area (Å²) in [7, 11) is 0. The molecule has 0 saturated carbocycles. The molecule has 0 unspecified atom stereocenters. The number of ether oxygens (including phenoxy) is 1. The first-order chi connectivity index (χ1) is 9.31. The molecule has 100 valence electrons. The summed E-state index contributed by atoms with van der Waals surface area (Å²) in [6.07, 6.45) is 1.10. The van der Waals surface area contributed by atoms with Gasteiger partial charge in [-0.3, -0.25) is 5.32 Å². The van der Waals surface area contributed by atoms with Crippen LogP contribution in [0.1, 0.15) is 13.3 Å². The van der Waals surface area contributed by atoms with Gasteiger partial charge >= 0.3 is 11.9 Å². The standard InChI is InChI=1S/C14H17N3O2/c1-2-19-13(18)10-17-12-7-4-3-6-11(12)16-9-5-8-15-14(16)17/h3-4,6-7H,2,5,8-10H2,1H3/p+1. The number of rotatable bonds is 3. The highest BCUT2D eigenvalue weighted by molar-refractivity contribution is 5.78. The van der Waals surface area contributed by atoms with Gasteiger partial charge < -0.3 is 4.74 Å². The number of para-hydroxylation sites is 2. The predicted molar refractivity (Wildman–Crippen MR) is 71.9 cm³/mol. The van der Waals surface area contributed by atoms with Crippen molar-refractivity contribution in [1.82, 2.24) is 4.57 Å². The van der Waals surface area contributed by atoms with Crippen molar-refractivity contribution in [2.24, 2.45) is 0 Å². The number of carbonyl (C=O) groups is 1. The zero-order valence-electron chi connectivity index (χ0n) is 11.1. The zero-order valence-corrected chi connectivity index (χ0v) is 11.1. The SMILES string of the molecule is CCOC(=O)Cn1c2[n+](c3ccccc31)CCCN2. The van der Waals surface area contributed by atoms with Gasteiger partial charge in [-0.25, -0.2) is 13.9 Å². The van der Waals surface area contributed by atoms with Crippen molar-refractivity contribution in [1.29, 1.82) is 0 Å². The van der Waals surface area contributed by atoms with Crippen molar-refractivity contribution in [3.05, 3.63) is 24.3 Å². The van der Waals surface area contributed by atoms with E-state index in [-0.39, 0.29) is 12.5 Å². The summed E-state index contributed by atoms with van der Waals surface area (Å²) in [6.45, 7) is 4.43. The summed E-state index contributed by atoms with van der Waals surface area (Å²) in [4.78, 5) is 11.8. The van der Waals surface area contributed by atoms with Gasteiger partial charge in [0.05, 0.1) is 19.7 Å². The largest absolute Gasteiger partial charge is 0.464 e. The second-order valence-corrected chi connectivity index (χ2v) is 4.64. The second kappa shape index (κ2) is 4.91. The summed E-state index contributed by atoms with van der Waals surface area (Å²) < 4.78 is 9.30. The van der Waals surface area contributed by atoms with Gasteiger partial charge in [0.15, 0.2) is 6.54 Å². The molecule has 2 aromatic rings. The monoisotopic (exact) mass is 260 g/mol. The molecule has 0 amide bonds. The number of aromatic nitrogens is 2. The van der Waals surface area contributed by atoms with Gasteiger partial charge in [-0.15, -0.1) is 0 Å². The van der Waals surface area contributed by atoms with Gasteiger partial charge in [0, 0.05) is 6.42 Å². The lowest BCUT2D eigenvalue weighted by Gasteiger charge is -2.11. The Kier molecular flexibility index (Phi) is 3.11. The van der Waals surface area contributed by atoms with E-state index in [1.54, 1.807) is 0 Å². The third-order valence-electron chi connectivity index (χ3n) is 3.41. The van der Waals surface area contributed by atoms with Crippen LogP contribution in [-0.2, 0) is 22.6 Å². The number of aryl methyl sites for hydroxylation is 1. The van der Waals surface area contributed by atoms with Crippen LogP contribution in [0.25, 0.3) is 11.0 Å². The van der Waals surface area contributed by atoms with E-state index in [0.717, 1.165) is 36.5 Å². The van der Waals surface area contributed by atoms with Crippen molar-refractivity contribution < 1.29 is 14.1 Å². The number of anilines is 1. The molecular weight excluding hydrogens is 242 g/mol. The molecule has 1 N–H and O–H groups in total. The Morgan fingerprint density at radius 3 is 3.16 bits per heavy atom. The first-order valence-corrected chi connectivity index (χ1v) is 6.72. The second-order valence-electron chi connectivity index (χ2n) is 4.64. The van der Waals surface area contributed by atoms with Gasteiger partial charge in [-0.2, -0.15) is 0 Å². The maximum atomic E-state index is 11.8. The first kappa shape index (κ1) is 12.0. The van der Waals surface area contributed by atoms with Gasteiger partial charge in [0.2, 0.25) is 0 Å². The lowest BCUT2D eigenvalue weighted by molar-refractivity contribution is -0.661. The molecule has 1 aromatic carbocycles. The Morgan fingerprint density at radius 2 is 2.32 bits per heavy atom. The van der Waals surface area contributed by atoms with E-state index in [9.17, 15) is 4.79 Å². The van der Waals surface area contributed by atoms with Crippen LogP contribution in [0, 0.1) is 0 Å². The van der Waals surface area contributed by atoms with Crippen LogP contribution in [0.2, 0.25) is 0 Å². The molecule has 5 heteroatoms. The average molecular weight is 260 g/mol. The average Bonchev–Trinajstić information content (AvgIpc) is 2.75. The predicted octanol–water partition coefficient (Wildman–Crippen LogP) is 1.31. The molecule has 2 heterocycles. The van der Waals surface area contributed by atoms with Crippen molar-refractivity contribution >= 4 is 23.0 Å². The maximum Gasteiger partial charge on any atom is 0.358 e. The fourth-order valence-electron chi connectivity index (χ4n) is 2.64. The van der Waals surface area contributed by atoms with Crippen LogP contribution in [0.5, 0.6) is 0 Å². The van der Waals surface area contributed by atoms with Crippen LogP contribution in [0.3, 0.4) is 0 Å². The van der Waals surface area contributed by atoms with E-state index in [2.05, 4.69) is 16.0 Å². The highest BCUT2D eigenvalue weighted by Crippen LogP contribution is 2.20. The summed E-state index contributed by atoms with van der Waals surface area (Å²) in [5.74, 6) is 0.805. The Bertz CT molecular complexity index is 618. The minimum Gasteiger partial charge on any atom is -0.464 e. The van der Waals surface area contributed by atoms with Gasteiger partial charge in [-0.1, -0.05) is 12.1 Å². The molecule has 1 aliphatic rings. The van der Waals surface area contributed by atoms with E-state index in [4.69, 9.17) is 4.74 Å². The summed E-state index contributed by atoms with van der Waals surface area (Å²) in [5, 5.41) is 3.39. The number of carbonyl (C=O) groups excluding carboxylic acids is 1. The first-order valence-electron chi connectivity index (χ1n) is 6.72. The number of benzene rings is 1. The number of nitrogens with one attached hydrogen (secondary N) is 1. The smallest absolute Gasteiger partial charge is 0.358 e. The minimum absolute atomic E-state index is 0.195. The molecule has 1 aliphatic heterocycles. The van der Waals surface area contributed by atoms with E-state index in [0.29, 0.717) is 6.61 Å². The van der Waals surface area contributed by atoms with E-state index >= 15 is 0 Å². The molecule has 3 rings (SSSR count). The van der Waals surface area contributed by atoms with Crippen molar-refractivity contribution in [2.45, 2.75) is 26.4 Å². The van der Waals surface area contributed by atoms with Crippen molar-refractivity contribution in [3.63, 3.8) is 0 Å². The van der Waals surface area contributed by atoms with Gasteiger partial charge in [0.25, 0.3) is 0 Å². The third-order valence-corrected chi connectivity index (χ3v) is 3.41. The molecule has 1 aromatic heterocycles. The molecule has 0 radical (unpaired) electrons. The molecule has 0 spiro atoms. The minimum atomic E-state index is -0.195. The third kappa shape index (κ3) is 2.05. The Morgan fingerprint density at radius 1 is 1.47 bits per heavy atom. The normalized spacial score (nSPS) is 13.9. The van der Waals surface area contributed by atoms with Crippen molar-refractivity contribution in [2.75, 3.05) is 18.5 Å². The summed E-state index contributed by atoms with van der Waals surface area (Å²) in [6, 6.07) is 8.16. The molecule has 0 saturated heterocycles. The lowest BCUT2D eigenvalue weighted by atomic mass is 10.3. The molecule has 0 bridgehead atoms. The summed E-state index contributed by atoms with van der Waals surface area (Å²) in [5.41, 5.74) is 2.23. The molecule has 0 aliphatic carbocycles. The van der Waals surface area contributed by atoms with Crippen LogP contribution < -0.4 is 9.88 Å². The fraction of sp³-hybridized carbons (Fsp3) is 0.429. The van der Waals surface area contributed by atoms with Crippen LogP contribution in [-0.4, -0.2) is 23.7 Å². The lowest BCUT2D eigenvalue weighted by Crippen LogP contribution is -2.42. The van der Waals surface area contributed by atoms with Crippen LogP contribution >= 0.6 is 0 Å².